The highest BCUT2D eigenvalue weighted by Gasteiger charge is 2.15. The number of nitrogens with zero attached hydrogens (tertiary/aromatic N) is 4. The number of hydrogen-bond donors (Lipinski definition) is 2. The molecule has 9 nitrogen and oxygen atoms in total. The van der Waals surface area contributed by atoms with Gasteiger partial charge in [-0.2, -0.15) is 0 Å². The topological polar surface area (TPSA) is 110 Å². The summed E-state index contributed by atoms with van der Waals surface area (Å²) in [5.74, 6) is 2.01. The van der Waals surface area contributed by atoms with Crippen molar-refractivity contribution in [3.05, 3.63) is 72.2 Å². The number of carbonyl (C=O) groups is 1. The largest absolute Gasteiger partial charge is 0.493 e. The van der Waals surface area contributed by atoms with Crippen LogP contribution in [-0.4, -0.2) is 40.2 Å². The van der Waals surface area contributed by atoms with Crippen molar-refractivity contribution < 1.29 is 19.5 Å². The SMILES string of the molecule is COc1ccc(N(C)c2nc(C)nc3ccccc23)cc1Oc1ccc(C(=O)NO)cn1. The van der Waals surface area contributed by atoms with Gasteiger partial charge >= 0.3 is 0 Å². The Bertz CT molecular complexity index is 1280. The van der Waals surface area contributed by atoms with Crippen molar-refractivity contribution in [2.75, 3.05) is 19.1 Å². The number of fused-ring (bicyclic) bond motifs is 1. The number of hydrogen-bond acceptors (Lipinski definition) is 8. The van der Waals surface area contributed by atoms with Crippen molar-refractivity contribution in [1.29, 1.82) is 0 Å². The number of aromatic nitrogens is 3. The zero-order valence-electron chi connectivity index (χ0n) is 17.7. The second-order valence-electron chi connectivity index (χ2n) is 6.93. The lowest BCUT2D eigenvalue weighted by atomic mass is 10.2. The van der Waals surface area contributed by atoms with E-state index in [4.69, 9.17) is 14.7 Å². The second-order valence-corrected chi connectivity index (χ2v) is 6.93. The summed E-state index contributed by atoms with van der Waals surface area (Å²) in [4.78, 5) is 26.7. The first kappa shape index (κ1) is 21.0. The maximum Gasteiger partial charge on any atom is 0.276 e. The van der Waals surface area contributed by atoms with Gasteiger partial charge in [-0.3, -0.25) is 10.0 Å². The highest BCUT2D eigenvalue weighted by atomic mass is 16.5. The quantitative estimate of drug-likeness (QED) is 0.348. The molecule has 0 unspecified atom stereocenters. The van der Waals surface area contributed by atoms with Crippen LogP contribution in [0.4, 0.5) is 11.5 Å². The van der Waals surface area contributed by atoms with Gasteiger partial charge in [-0.25, -0.2) is 20.4 Å². The molecule has 9 heteroatoms. The minimum atomic E-state index is -0.655. The zero-order chi connectivity index (χ0) is 22.7. The average molecular weight is 431 g/mol. The van der Waals surface area contributed by atoms with E-state index in [1.165, 1.54) is 18.3 Å². The van der Waals surface area contributed by atoms with Gasteiger partial charge in [-0.05, 0) is 37.3 Å². The molecule has 0 atom stereocenters. The van der Waals surface area contributed by atoms with E-state index >= 15 is 0 Å². The number of para-hydroxylation sites is 1. The fourth-order valence-corrected chi connectivity index (χ4v) is 3.26. The van der Waals surface area contributed by atoms with Crippen LogP contribution in [-0.2, 0) is 0 Å². The molecule has 0 bridgehead atoms. The number of carbonyl (C=O) groups excluding carboxylic acids is 1. The summed E-state index contributed by atoms with van der Waals surface area (Å²) in [7, 11) is 3.47. The normalized spacial score (nSPS) is 10.6. The third-order valence-electron chi connectivity index (χ3n) is 4.86. The van der Waals surface area contributed by atoms with E-state index in [0.29, 0.717) is 17.3 Å². The summed E-state index contributed by atoms with van der Waals surface area (Å²) in [5.41, 5.74) is 3.45. The van der Waals surface area contributed by atoms with Crippen LogP contribution in [0.25, 0.3) is 10.9 Å². The van der Waals surface area contributed by atoms with Gasteiger partial charge in [-0.15, -0.1) is 0 Å². The van der Waals surface area contributed by atoms with E-state index < -0.39 is 5.91 Å². The second kappa shape index (κ2) is 8.86. The summed E-state index contributed by atoms with van der Waals surface area (Å²) >= 11 is 0. The molecule has 0 fully saturated rings. The standard InChI is InChI=1S/C23H21N5O4/c1-14-25-18-7-5-4-6-17(18)22(26-14)28(2)16-9-10-19(31-3)20(12-16)32-21-11-8-15(13-24-21)23(29)27-30/h4-13,30H,1-3H3,(H,27,29). The maximum atomic E-state index is 11.5. The third kappa shape index (κ3) is 4.14. The Morgan fingerprint density at radius 3 is 2.59 bits per heavy atom. The van der Waals surface area contributed by atoms with Gasteiger partial charge in [0.2, 0.25) is 5.88 Å². The van der Waals surface area contributed by atoms with Gasteiger partial charge in [0.15, 0.2) is 11.5 Å². The molecule has 1 amide bonds. The number of hydroxylamine groups is 1. The summed E-state index contributed by atoms with van der Waals surface area (Å²) in [5, 5.41) is 9.66. The molecule has 4 aromatic rings. The summed E-state index contributed by atoms with van der Waals surface area (Å²) in [6.45, 7) is 1.86. The molecule has 0 saturated heterocycles. The van der Waals surface area contributed by atoms with Crippen molar-refractivity contribution in [2.45, 2.75) is 6.92 Å². The molecular weight excluding hydrogens is 410 g/mol. The van der Waals surface area contributed by atoms with Crippen molar-refractivity contribution in [1.82, 2.24) is 20.4 Å². The zero-order valence-corrected chi connectivity index (χ0v) is 17.7. The van der Waals surface area contributed by atoms with Crippen molar-refractivity contribution in [3.8, 4) is 17.4 Å². The Hall–Kier alpha value is -4.24. The molecule has 2 aromatic carbocycles. The Morgan fingerprint density at radius 1 is 1.06 bits per heavy atom. The molecule has 0 spiro atoms. The molecule has 4 rings (SSSR count). The first-order chi connectivity index (χ1) is 15.5. The summed E-state index contributed by atoms with van der Waals surface area (Å²) in [6, 6.07) is 16.4. The Morgan fingerprint density at radius 2 is 1.88 bits per heavy atom. The third-order valence-corrected chi connectivity index (χ3v) is 4.86. The predicted octanol–water partition coefficient (Wildman–Crippen LogP) is 4.02. The van der Waals surface area contributed by atoms with Gasteiger partial charge in [0.25, 0.3) is 5.91 Å². The molecule has 2 heterocycles. The number of anilines is 2. The Labute approximate surface area is 184 Å². The minimum Gasteiger partial charge on any atom is -0.493 e. The molecule has 32 heavy (non-hydrogen) atoms. The van der Waals surface area contributed by atoms with E-state index in [0.717, 1.165) is 22.4 Å². The van der Waals surface area contributed by atoms with Crippen LogP contribution in [0.5, 0.6) is 17.4 Å². The van der Waals surface area contributed by atoms with Crippen LogP contribution < -0.4 is 19.9 Å². The molecule has 162 valence electrons. The van der Waals surface area contributed by atoms with Gasteiger partial charge < -0.3 is 14.4 Å². The lowest BCUT2D eigenvalue weighted by Crippen LogP contribution is -2.18. The fraction of sp³-hybridized carbons (Fsp3) is 0.130. The van der Waals surface area contributed by atoms with Crippen LogP contribution in [0.15, 0.2) is 60.8 Å². The van der Waals surface area contributed by atoms with E-state index in [2.05, 4.69) is 15.0 Å². The Balaban J connectivity index is 1.69. The van der Waals surface area contributed by atoms with Crippen LogP contribution in [0, 0.1) is 6.92 Å². The number of methoxy groups -OCH3 is 1. The molecular formula is C23H21N5O4. The highest BCUT2D eigenvalue weighted by molar-refractivity contribution is 5.93. The number of rotatable bonds is 6. The predicted molar refractivity (Wildman–Crippen MR) is 119 cm³/mol. The first-order valence-corrected chi connectivity index (χ1v) is 9.73. The van der Waals surface area contributed by atoms with Crippen LogP contribution in [0.1, 0.15) is 16.2 Å². The highest BCUT2D eigenvalue weighted by Crippen LogP contribution is 2.37. The van der Waals surface area contributed by atoms with Gasteiger partial charge in [-0.1, -0.05) is 12.1 Å². The van der Waals surface area contributed by atoms with Crippen LogP contribution >= 0.6 is 0 Å². The first-order valence-electron chi connectivity index (χ1n) is 9.73. The van der Waals surface area contributed by atoms with Crippen LogP contribution in [0.2, 0.25) is 0 Å². The fourth-order valence-electron chi connectivity index (χ4n) is 3.26. The molecule has 0 aliphatic carbocycles. The number of aryl methyl sites for hydroxylation is 1. The molecule has 0 aliphatic rings. The number of pyridine rings is 1. The van der Waals surface area contributed by atoms with E-state index in [1.807, 2.05) is 55.3 Å². The number of ether oxygens (including phenoxy) is 2. The van der Waals surface area contributed by atoms with Gasteiger partial charge in [0.05, 0.1) is 18.2 Å². The van der Waals surface area contributed by atoms with Crippen LogP contribution in [0.3, 0.4) is 0 Å². The van der Waals surface area contributed by atoms with E-state index in [-0.39, 0.29) is 11.4 Å². The van der Waals surface area contributed by atoms with Gasteiger partial charge in [0.1, 0.15) is 11.6 Å². The van der Waals surface area contributed by atoms with Gasteiger partial charge in [0, 0.05) is 36.5 Å². The molecule has 0 aliphatic heterocycles. The Kier molecular flexibility index (Phi) is 5.82. The molecule has 2 N–H and O–H groups in total. The number of nitrogens with one attached hydrogen (secondary N) is 1. The average Bonchev–Trinajstić information content (AvgIpc) is 2.83. The number of benzene rings is 2. The van der Waals surface area contributed by atoms with E-state index in [9.17, 15) is 4.79 Å². The van der Waals surface area contributed by atoms with E-state index in [1.54, 1.807) is 18.7 Å². The summed E-state index contributed by atoms with van der Waals surface area (Å²) in [6.07, 6.45) is 1.30. The van der Waals surface area contributed by atoms with Crippen molar-refractivity contribution in [2.24, 2.45) is 0 Å². The lowest BCUT2D eigenvalue weighted by Gasteiger charge is -2.22. The van der Waals surface area contributed by atoms with Crippen molar-refractivity contribution in [3.63, 3.8) is 0 Å². The monoisotopic (exact) mass is 431 g/mol. The molecule has 0 radical (unpaired) electrons. The summed E-state index contributed by atoms with van der Waals surface area (Å²) < 4.78 is 11.3. The number of amides is 1. The molecule has 2 aromatic heterocycles. The maximum absolute atomic E-state index is 11.5. The molecule has 0 saturated carbocycles. The van der Waals surface area contributed by atoms with Crippen molar-refractivity contribution >= 4 is 28.3 Å². The smallest absolute Gasteiger partial charge is 0.276 e. The minimum absolute atomic E-state index is 0.200. The lowest BCUT2D eigenvalue weighted by molar-refractivity contribution is 0.0706.